The van der Waals surface area contributed by atoms with Crippen LogP contribution in [0.15, 0.2) is 86.9 Å². The maximum atomic E-state index is 12.8. The van der Waals surface area contributed by atoms with Gasteiger partial charge in [0, 0.05) is 0 Å². The largest absolute Gasteiger partial charge is 0.456 e. The highest BCUT2D eigenvalue weighted by Crippen LogP contribution is 2.29. The first-order valence-corrected chi connectivity index (χ1v) is 7.91. The van der Waals surface area contributed by atoms with Crippen LogP contribution in [0.3, 0.4) is 0 Å². The Hall–Kier alpha value is -2.72. The number of benzene rings is 3. The van der Waals surface area contributed by atoms with Gasteiger partial charge in [0.15, 0.2) is 0 Å². The van der Waals surface area contributed by atoms with Crippen molar-refractivity contribution in [1.82, 2.24) is 0 Å². The smallest absolute Gasteiger partial charge is 0.201 e. The van der Waals surface area contributed by atoms with Crippen LogP contribution in [0.5, 0.6) is 5.75 Å². The quantitative estimate of drug-likeness (QED) is 0.392. The van der Waals surface area contributed by atoms with E-state index in [1.165, 1.54) is 12.0 Å². The Balaban J connectivity index is 1.84. The first kappa shape index (κ1) is 13.9. The van der Waals surface area contributed by atoms with Crippen LogP contribution >= 0.6 is 12.0 Å². The molecule has 0 saturated carbocycles. The van der Waals surface area contributed by atoms with Crippen molar-refractivity contribution in [1.29, 1.82) is 0 Å². The first-order valence-electron chi connectivity index (χ1n) is 7.17. The molecule has 0 bridgehead atoms. The Morgan fingerprint density at radius 2 is 1.52 bits per heavy atom. The maximum absolute atomic E-state index is 12.8. The van der Waals surface area contributed by atoms with Crippen molar-refractivity contribution < 1.29 is 8.60 Å². The summed E-state index contributed by atoms with van der Waals surface area (Å²) in [5.74, 6) is 0.736. The molecule has 0 amide bonds. The number of rotatable bonds is 3. The van der Waals surface area contributed by atoms with E-state index < -0.39 is 0 Å². The van der Waals surface area contributed by atoms with Crippen LogP contribution in [-0.4, -0.2) is 0 Å². The summed E-state index contributed by atoms with van der Waals surface area (Å²) in [4.78, 5) is 13.5. The summed E-state index contributed by atoms with van der Waals surface area (Å²) >= 11 is 1.17. The zero-order chi connectivity index (χ0) is 15.6. The molecular weight excluding hydrogens is 308 g/mol. The van der Waals surface area contributed by atoms with Gasteiger partial charge in [-0.3, -0.25) is 4.79 Å². The molecule has 0 unspecified atom stereocenters. The number of fused-ring (bicyclic) bond motifs is 2. The lowest BCUT2D eigenvalue weighted by atomic mass is 10.1. The molecule has 1 aromatic heterocycles. The van der Waals surface area contributed by atoms with Gasteiger partial charge in [-0.05, 0) is 36.4 Å². The summed E-state index contributed by atoms with van der Waals surface area (Å²) in [6.07, 6.45) is 0. The molecule has 3 aromatic carbocycles. The molecular formula is C19H12O3S. The Morgan fingerprint density at radius 3 is 2.39 bits per heavy atom. The van der Waals surface area contributed by atoms with Crippen LogP contribution in [0.1, 0.15) is 0 Å². The Kier molecular flexibility index (Phi) is 3.52. The van der Waals surface area contributed by atoms with E-state index in [4.69, 9.17) is 8.60 Å². The summed E-state index contributed by atoms with van der Waals surface area (Å²) in [5.41, 5.74) is 1.12. The molecule has 0 aliphatic carbocycles. The van der Waals surface area contributed by atoms with E-state index in [0.717, 1.165) is 10.6 Å². The highest BCUT2D eigenvalue weighted by Gasteiger charge is 2.12. The van der Waals surface area contributed by atoms with Crippen molar-refractivity contribution in [2.24, 2.45) is 0 Å². The van der Waals surface area contributed by atoms with Crippen molar-refractivity contribution in [3.63, 3.8) is 0 Å². The third-order valence-corrected chi connectivity index (χ3v) is 4.33. The first-order chi connectivity index (χ1) is 11.3. The van der Waals surface area contributed by atoms with Gasteiger partial charge in [0.1, 0.15) is 16.9 Å². The highest BCUT2D eigenvalue weighted by molar-refractivity contribution is 7.95. The highest BCUT2D eigenvalue weighted by atomic mass is 32.2. The number of para-hydroxylation sites is 2. The second-order valence-electron chi connectivity index (χ2n) is 5.04. The maximum Gasteiger partial charge on any atom is 0.201 e. The topological polar surface area (TPSA) is 39.4 Å². The Bertz CT molecular complexity index is 1040. The SMILES string of the molecule is O=c1c2ccccc2oc2cccc(SOc3ccccc3)c12. The Morgan fingerprint density at radius 1 is 0.783 bits per heavy atom. The molecule has 0 saturated heterocycles. The molecule has 0 radical (unpaired) electrons. The minimum atomic E-state index is -0.0402. The van der Waals surface area contributed by atoms with E-state index in [1.807, 2.05) is 54.6 Å². The van der Waals surface area contributed by atoms with E-state index in [1.54, 1.807) is 18.2 Å². The van der Waals surface area contributed by atoms with Crippen molar-refractivity contribution in [2.75, 3.05) is 0 Å². The average Bonchev–Trinajstić information content (AvgIpc) is 2.61. The molecule has 4 heteroatoms. The summed E-state index contributed by atoms with van der Waals surface area (Å²) in [6.45, 7) is 0. The van der Waals surface area contributed by atoms with Gasteiger partial charge < -0.3 is 8.60 Å². The summed E-state index contributed by atoms with van der Waals surface area (Å²) in [6, 6.07) is 22.3. The predicted molar refractivity (Wildman–Crippen MR) is 92.9 cm³/mol. The fraction of sp³-hybridized carbons (Fsp3) is 0. The van der Waals surface area contributed by atoms with Crippen LogP contribution in [0, 0.1) is 0 Å². The van der Waals surface area contributed by atoms with Crippen molar-refractivity contribution >= 4 is 34.0 Å². The molecule has 112 valence electrons. The van der Waals surface area contributed by atoms with Gasteiger partial charge in [-0.1, -0.05) is 36.4 Å². The van der Waals surface area contributed by atoms with Gasteiger partial charge in [0.25, 0.3) is 0 Å². The minimum absolute atomic E-state index is 0.0402. The van der Waals surface area contributed by atoms with E-state index >= 15 is 0 Å². The lowest BCUT2D eigenvalue weighted by Gasteiger charge is -2.07. The third kappa shape index (κ3) is 2.58. The van der Waals surface area contributed by atoms with Crippen LogP contribution in [-0.2, 0) is 0 Å². The van der Waals surface area contributed by atoms with Gasteiger partial charge in [0.05, 0.1) is 27.7 Å². The Labute approximate surface area is 136 Å². The third-order valence-electron chi connectivity index (χ3n) is 3.54. The van der Waals surface area contributed by atoms with Crippen LogP contribution in [0.4, 0.5) is 0 Å². The van der Waals surface area contributed by atoms with E-state index in [2.05, 4.69) is 0 Å². The molecule has 4 aromatic rings. The molecule has 0 spiro atoms. The summed E-state index contributed by atoms with van der Waals surface area (Å²) in [7, 11) is 0. The fourth-order valence-corrected chi connectivity index (χ4v) is 3.16. The van der Waals surface area contributed by atoms with Gasteiger partial charge >= 0.3 is 0 Å². The molecule has 0 aliphatic heterocycles. The summed E-state index contributed by atoms with van der Waals surface area (Å²) in [5, 5.41) is 1.12. The average molecular weight is 320 g/mol. The lowest BCUT2D eigenvalue weighted by Crippen LogP contribution is -2.03. The normalized spacial score (nSPS) is 11.0. The molecule has 3 nitrogen and oxygen atoms in total. The zero-order valence-corrected chi connectivity index (χ0v) is 12.9. The van der Waals surface area contributed by atoms with E-state index in [0.29, 0.717) is 21.9 Å². The second-order valence-corrected chi connectivity index (χ2v) is 5.81. The molecule has 4 rings (SSSR count). The van der Waals surface area contributed by atoms with E-state index in [-0.39, 0.29) is 5.43 Å². The van der Waals surface area contributed by atoms with E-state index in [9.17, 15) is 4.79 Å². The minimum Gasteiger partial charge on any atom is -0.456 e. The molecule has 23 heavy (non-hydrogen) atoms. The van der Waals surface area contributed by atoms with Crippen LogP contribution in [0.25, 0.3) is 21.9 Å². The van der Waals surface area contributed by atoms with Gasteiger partial charge in [0.2, 0.25) is 5.43 Å². The van der Waals surface area contributed by atoms with Crippen molar-refractivity contribution in [3.05, 3.63) is 83.0 Å². The summed E-state index contributed by atoms with van der Waals surface area (Å²) < 4.78 is 11.6. The van der Waals surface area contributed by atoms with Crippen LogP contribution in [0.2, 0.25) is 0 Å². The molecule has 0 atom stereocenters. The zero-order valence-electron chi connectivity index (χ0n) is 12.1. The van der Waals surface area contributed by atoms with Gasteiger partial charge in [-0.25, -0.2) is 0 Å². The molecule has 1 heterocycles. The molecule has 0 N–H and O–H groups in total. The van der Waals surface area contributed by atoms with Gasteiger partial charge in [-0.15, -0.1) is 0 Å². The second kappa shape index (κ2) is 5.82. The van der Waals surface area contributed by atoms with Crippen molar-refractivity contribution in [2.45, 2.75) is 4.90 Å². The van der Waals surface area contributed by atoms with Gasteiger partial charge in [-0.2, -0.15) is 0 Å². The molecule has 0 aliphatic rings. The standard InChI is InChI=1S/C19H12O3S/c20-19-14-9-4-5-10-15(14)21-16-11-6-12-17(18(16)19)23-22-13-7-2-1-3-8-13/h1-12H. The fourth-order valence-electron chi connectivity index (χ4n) is 2.45. The molecule has 0 fully saturated rings. The monoisotopic (exact) mass is 320 g/mol. The van der Waals surface area contributed by atoms with Crippen LogP contribution < -0.4 is 9.61 Å². The van der Waals surface area contributed by atoms with Crippen molar-refractivity contribution in [3.8, 4) is 5.75 Å². The predicted octanol–water partition coefficient (Wildman–Crippen LogP) is 5.03. The lowest BCUT2D eigenvalue weighted by molar-refractivity contribution is 0.644. The number of hydrogen-bond acceptors (Lipinski definition) is 4. The number of hydrogen-bond donors (Lipinski definition) is 0.